The molecule has 0 bridgehead atoms. The summed E-state index contributed by atoms with van der Waals surface area (Å²) < 4.78 is 5.39. The molecule has 4 rings (SSSR count). The van der Waals surface area contributed by atoms with Gasteiger partial charge in [0.2, 0.25) is 0 Å². The Morgan fingerprint density at radius 3 is 2.77 bits per heavy atom. The average molecular weight is 370 g/mol. The largest absolute Gasteiger partial charge is 0.332 e. The Kier molecular flexibility index (Phi) is 4.95. The van der Waals surface area contributed by atoms with E-state index in [0.29, 0.717) is 17.5 Å². The second kappa shape index (κ2) is 7.51. The Morgan fingerprint density at radius 2 is 2.04 bits per heavy atom. The lowest BCUT2D eigenvalue weighted by Gasteiger charge is -2.30. The van der Waals surface area contributed by atoms with Gasteiger partial charge in [-0.15, -0.1) is 0 Å². The van der Waals surface area contributed by atoms with Gasteiger partial charge in [-0.25, -0.2) is 4.98 Å². The van der Waals surface area contributed by atoms with Crippen LogP contribution in [-0.2, 0) is 6.54 Å². The summed E-state index contributed by atoms with van der Waals surface area (Å²) in [5.41, 5.74) is 2.73. The van der Waals surface area contributed by atoms with E-state index in [2.05, 4.69) is 31.1 Å². The molecule has 1 aliphatic rings. The number of likely N-dealkylation sites (tertiary alicyclic amines) is 1. The second-order valence-corrected chi connectivity index (χ2v) is 7.12. The summed E-state index contributed by atoms with van der Waals surface area (Å²) in [6.45, 7) is 4.83. The fourth-order valence-corrected chi connectivity index (χ4v) is 3.46. The predicted octanol–water partition coefficient (Wildman–Crippen LogP) is 3.87. The summed E-state index contributed by atoms with van der Waals surface area (Å²) in [6.07, 6.45) is 5.39. The fourth-order valence-electron chi connectivity index (χ4n) is 3.25. The van der Waals surface area contributed by atoms with Gasteiger partial charge >= 0.3 is 0 Å². The number of aryl methyl sites for hydroxylation is 1. The van der Waals surface area contributed by atoms with Crippen LogP contribution < -0.4 is 0 Å². The van der Waals surface area contributed by atoms with Crippen LogP contribution in [-0.4, -0.2) is 38.1 Å². The second-order valence-electron chi connectivity index (χ2n) is 6.68. The van der Waals surface area contributed by atoms with Crippen LogP contribution >= 0.6 is 11.6 Å². The lowest BCUT2D eigenvalue weighted by atomic mass is 9.96. The van der Waals surface area contributed by atoms with Crippen molar-refractivity contribution < 1.29 is 4.52 Å². The molecule has 7 heteroatoms. The maximum atomic E-state index is 6.07. The first-order valence-electron chi connectivity index (χ1n) is 8.77. The molecule has 0 aliphatic carbocycles. The number of rotatable bonds is 4. The minimum atomic E-state index is 0.321. The van der Waals surface area contributed by atoms with Crippen LogP contribution in [0.3, 0.4) is 0 Å². The van der Waals surface area contributed by atoms with Gasteiger partial charge in [0.05, 0.1) is 11.9 Å². The minimum Gasteiger partial charge on any atom is -0.332 e. The number of benzene rings is 1. The number of hydrogen-bond acceptors (Lipinski definition) is 6. The summed E-state index contributed by atoms with van der Waals surface area (Å²) >= 11 is 6.07. The minimum absolute atomic E-state index is 0.321. The number of hydrogen-bond donors (Lipinski definition) is 0. The Bertz CT molecular complexity index is 872. The van der Waals surface area contributed by atoms with Gasteiger partial charge in [-0.3, -0.25) is 9.88 Å². The molecule has 2 aromatic heterocycles. The van der Waals surface area contributed by atoms with Crippen LogP contribution in [0.5, 0.6) is 0 Å². The lowest BCUT2D eigenvalue weighted by Crippen LogP contribution is -2.32. The summed E-state index contributed by atoms with van der Waals surface area (Å²) in [6, 6.07) is 8.05. The van der Waals surface area contributed by atoms with Gasteiger partial charge in [-0.1, -0.05) is 28.9 Å². The van der Waals surface area contributed by atoms with E-state index in [1.807, 2.05) is 25.1 Å². The molecule has 0 radical (unpaired) electrons. The van der Waals surface area contributed by atoms with Crippen molar-refractivity contribution in [1.82, 2.24) is 25.0 Å². The summed E-state index contributed by atoms with van der Waals surface area (Å²) in [5.74, 6) is 1.53. The van der Waals surface area contributed by atoms with Crippen LogP contribution in [0.2, 0.25) is 5.02 Å². The predicted molar refractivity (Wildman–Crippen MR) is 98.8 cm³/mol. The van der Waals surface area contributed by atoms with Gasteiger partial charge in [0.25, 0.3) is 5.89 Å². The van der Waals surface area contributed by atoms with Crippen LogP contribution in [0, 0.1) is 6.92 Å². The molecule has 3 aromatic rings. The SMILES string of the molecule is Cc1cnc(-c2nc(C3CCN(Cc4cccc(Cl)c4)CC3)no2)cn1. The van der Waals surface area contributed by atoms with Crippen molar-refractivity contribution >= 4 is 11.6 Å². The molecule has 0 atom stereocenters. The molecule has 0 saturated carbocycles. The summed E-state index contributed by atoms with van der Waals surface area (Å²) in [4.78, 5) is 15.5. The van der Waals surface area contributed by atoms with Crippen LogP contribution in [0.1, 0.15) is 35.8 Å². The van der Waals surface area contributed by atoms with Gasteiger partial charge in [-0.05, 0) is 50.6 Å². The number of halogens is 1. The highest BCUT2D eigenvalue weighted by Gasteiger charge is 2.25. The molecule has 0 amide bonds. The molecule has 3 heterocycles. The van der Waals surface area contributed by atoms with Crippen LogP contribution in [0.4, 0.5) is 0 Å². The van der Waals surface area contributed by atoms with Crippen molar-refractivity contribution in [3.05, 3.63) is 58.8 Å². The zero-order chi connectivity index (χ0) is 17.9. The molecule has 1 aliphatic heterocycles. The first-order valence-corrected chi connectivity index (χ1v) is 9.14. The zero-order valence-corrected chi connectivity index (χ0v) is 15.4. The van der Waals surface area contributed by atoms with Crippen molar-refractivity contribution in [3.63, 3.8) is 0 Å². The van der Waals surface area contributed by atoms with Crippen molar-refractivity contribution in [2.24, 2.45) is 0 Å². The maximum absolute atomic E-state index is 6.07. The molecule has 0 unspecified atom stereocenters. The first-order chi connectivity index (χ1) is 12.7. The van der Waals surface area contributed by atoms with E-state index in [0.717, 1.165) is 49.0 Å². The Morgan fingerprint density at radius 1 is 1.19 bits per heavy atom. The van der Waals surface area contributed by atoms with Crippen molar-refractivity contribution in [3.8, 4) is 11.6 Å². The highest BCUT2D eigenvalue weighted by atomic mass is 35.5. The highest BCUT2D eigenvalue weighted by molar-refractivity contribution is 6.30. The quantitative estimate of drug-likeness (QED) is 0.695. The third-order valence-electron chi connectivity index (χ3n) is 4.69. The van der Waals surface area contributed by atoms with Gasteiger partial charge < -0.3 is 4.52 Å². The fraction of sp³-hybridized carbons (Fsp3) is 0.368. The Balaban J connectivity index is 1.37. The van der Waals surface area contributed by atoms with Gasteiger partial charge in [-0.2, -0.15) is 4.98 Å². The molecule has 1 fully saturated rings. The smallest absolute Gasteiger partial charge is 0.278 e. The third-order valence-corrected chi connectivity index (χ3v) is 4.92. The molecule has 26 heavy (non-hydrogen) atoms. The zero-order valence-electron chi connectivity index (χ0n) is 14.6. The Labute approximate surface area is 157 Å². The summed E-state index contributed by atoms with van der Waals surface area (Å²) in [7, 11) is 0. The monoisotopic (exact) mass is 369 g/mol. The van der Waals surface area contributed by atoms with Crippen LogP contribution in [0.15, 0.2) is 41.2 Å². The Hall–Kier alpha value is -2.31. The van der Waals surface area contributed by atoms with E-state index in [1.165, 1.54) is 5.56 Å². The summed E-state index contributed by atoms with van der Waals surface area (Å²) in [5, 5.41) is 4.96. The van der Waals surface area contributed by atoms with E-state index in [4.69, 9.17) is 16.1 Å². The van der Waals surface area contributed by atoms with E-state index in [-0.39, 0.29) is 0 Å². The van der Waals surface area contributed by atoms with E-state index >= 15 is 0 Å². The third kappa shape index (κ3) is 3.92. The highest BCUT2D eigenvalue weighted by Crippen LogP contribution is 2.28. The molecule has 134 valence electrons. The molecule has 1 aromatic carbocycles. The average Bonchev–Trinajstić information content (AvgIpc) is 3.13. The molecule has 0 N–H and O–H groups in total. The normalized spacial score (nSPS) is 16.1. The maximum Gasteiger partial charge on any atom is 0.278 e. The van der Waals surface area contributed by atoms with Gasteiger partial charge in [0.15, 0.2) is 5.82 Å². The molecule has 0 spiro atoms. The molecular weight excluding hydrogens is 350 g/mol. The topological polar surface area (TPSA) is 67.9 Å². The van der Waals surface area contributed by atoms with E-state index < -0.39 is 0 Å². The van der Waals surface area contributed by atoms with Crippen LogP contribution in [0.25, 0.3) is 11.6 Å². The number of nitrogens with zero attached hydrogens (tertiary/aromatic N) is 5. The van der Waals surface area contributed by atoms with Gasteiger partial charge in [0, 0.05) is 23.7 Å². The van der Waals surface area contributed by atoms with E-state index in [9.17, 15) is 0 Å². The van der Waals surface area contributed by atoms with Gasteiger partial charge in [0.1, 0.15) is 5.69 Å². The van der Waals surface area contributed by atoms with Crippen molar-refractivity contribution in [2.75, 3.05) is 13.1 Å². The molecule has 6 nitrogen and oxygen atoms in total. The molecule has 1 saturated heterocycles. The van der Waals surface area contributed by atoms with Crippen molar-refractivity contribution in [1.29, 1.82) is 0 Å². The number of piperidine rings is 1. The first kappa shape index (κ1) is 17.1. The van der Waals surface area contributed by atoms with Crippen molar-refractivity contribution in [2.45, 2.75) is 32.2 Å². The van der Waals surface area contributed by atoms with E-state index in [1.54, 1.807) is 12.4 Å². The molecular formula is C19H20ClN5O. The lowest BCUT2D eigenvalue weighted by molar-refractivity contribution is 0.200. The standard InChI is InChI=1S/C19H20ClN5O/c1-13-10-22-17(11-21-13)19-23-18(24-26-19)15-5-7-25(8-6-15)12-14-3-2-4-16(20)9-14/h2-4,9-11,15H,5-8,12H2,1H3. The number of aromatic nitrogens is 4.